The van der Waals surface area contributed by atoms with Crippen molar-refractivity contribution < 1.29 is 4.79 Å². The Morgan fingerprint density at radius 1 is 1.00 bits per heavy atom. The van der Waals surface area contributed by atoms with Crippen molar-refractivity contribution >= 4 is 44.5 Å². The van der Waals surface area contributed by atoms with E-state index in [0.29, 0.717) is 15.1 Å². The van der Waals surface area contributed by atoms with Gasteiger partial charge >= 0.3 is 0 Å². The van der Waals surface area contributed by atoms with Crippen LogP contribution in [0.4, 0.5) is 5.69 Å². The molecular weight excluding hydrogens is 346 g/mol. The van der Waals surface area contributed by atoms with Gasteiger partial charge in [-0.3, -0.25) is 9.59 Å². The summed E-state index contributed by atoms with van der Waals surface area (Å²) in [5.41, 5.74) is 3.54. The second kappa shape index (κ2) is 5.25. The van der Waals surface area contributed by atoms with E-state index in [0.717, 1.165) is 22.3 Å². The van der Waals surface area contributed by atoms with Gasteiger partial charge in [0.2, 0.25) is 0 Å². The Hall–Kier alpha value is -2.99. The third-order valence-electron chi connectivity index (χ3n) is 4.73. The molecule has 0 aliphatic carbocycles. The number of carbonyl (C=O) groups is 1. The molecule has 2 aromatic heterocycles. The Kier molecular flexibility index (Phi) is 3.09. The Balaban J connectivity index is 1.92. The quantitative estimate of drug-likeness (QED) is 0.524. The van der Waals surface area contributed by atoms with Crippen molar-refractivity contribution in [1.29, 1.82) is 0 Å². The van der Waals surface area contributed by atoms with E-state index >= 15 is 0 Å². The van der Waals surface area contributed by atoms with Gasteiger partial charge in [-0.1, -0.05) is 41.7 Å². The van der Waals surface area contributed by atoms with Gasteiger partial charge in [-0.25, -0.2) is 9.38 Å². The van der Waals surface area contributed by atoms with Gasteiger partial charge in [0, 0.05) is 11.6 Å². The number of para-hydroxylation sites is 3. The predicted molar refractivity (Wildman–Crippen MR) is 104 cm³/mol. The Labute approximate surface area is 152 Å². The molecule has 0 saturated heterocycles. The highest BCUT2D eigenvalue weighted by molar-refractivity contribution is 7.15. The largest absolute Gasteiger partial charge is 0.305 e. The van der Waals surface area contributed by atoms with Gasteiger partial charge in [0.25, 0.3) is 11.5 Å². The van der Waals surface area contributed by atoms with Crippen LogP contribution in [0.15, 0.2) is 53.3 Å². The minimum absolute atomic E-state index is 0.0149. The highest BCUT2D eigenvalue weighted by Gasteiger charge is 2.35. The van der Waals surface area contributed by atoms with Crippen LogP contribution in [-0.2, 0) is 4.79 Å². The van der Waals surface area contributed by atoms with Gasteiger partial charge in [0.1, 0.15) is 4.53 Å². The zero-order valence-corrected chi connectivity index (χ0v) is 15.1. The van der Waals surface area contributed by atoms with Gasteiger partial charge in [-0.05, 0) is 32.0 Å². The zero-order valence-electron chi connectivity index (χ0n) is 14.3. The number of anilines is 1. The molecule has 1 amide bonds. The van der Waals surface area contributed by atoms with E-state index in [-0.39, 0.29) is 17.5 Å². The topological polar surface area (TPSA) is 54.7 Å². The van der Waals surface area contributed by atoms with Gasteiger partial charge in [-0.15, -0.1) is 0 Å². The fraction of sp³-hybridized carbons (Fsp3) is 0.150. The number of carbonyl (C=O) groups excluding carboxylic acids is 1. The molecule has 2 aromatic carbocycles. The summed E-state index contributed by atoms with van der Waals surface area (Å²) in [5, 5.41) is 0. The van der Waals surface area contributed by atoms with Crippen LogP contribution in [0.5, 0.6) is 0 Å². The summed E-state index contributed by atoms with van der Waals surface area (Å²) in [4.78, 5) is 33.2. The number of hydrogen-bond donors (Lipinski definition) is 0. The second-order valence-electron chi connectivity index (χ2n) is 6.62. The molecule has 0 N–H and O–H groups in total. The van der Waals surface area contributed by atoms with Crippen LogP contribution < -0.4 is 15.0 Å². The monoisotopic (exact) mass is 361 g/mol. The molecule has 1 aliphatic heterocycles. The Morgan fingerprint density at radius 3 is 2.54 bits per heavy atom. The summed E-state index contributed by atoms with van der Waals surface area (Å²) in [6.07, 6.45) is 0. The van der Waals surface area contributed by atoms with E-state index in [1.54, 1.807) is 9.30 Å². The molecule has 0 bridgehead atoms. The molecule has 0 saturated carbocycles. The fourth-order valence-corrected chi connectivity index (χ4v) is 4.71. The molecule has 5 nitrogen and oxygen atoms in total. The van der Waals surface area contributed by atoms with E-state index in [1.807, 2.05) is 62.4 Å². The maximum atomic E-state index is 13.2. The van der Waals surface area contributed by atoms with Crippen LogP contribution in [0.2, 0.25) is 0 Å². The van der Waals surface area contributed by atoms with Crippen LogP contribution in [-0.4, -0.2) is 21.3 Å². The summed E-state index contributed by atoms with van der Waals surface area (Å²) in [6.45, 7) is 3.95. The molecular formula is C20H15N3O2S. The molecule has 0 spiro atoms. The van der Waals surface area contributed by atoms with E-state index in [1.165, 1.54) is 11.3 Å². The van der Waals surface area contributed by atoms with Crippen molar-refractivity contribution in [3.05, 3.63) is 69.0 Å². The number of imidazole rings is 1. The molecule has 0 radical (unpaired) electrons. The molecule has 6 heteroatoms. The third kappa shape index (κ3) is 1.87. The van der Waals surface area contributed by atoms with Crippen molar-refractivity contribution in [3.63, 3.8) is 0 Å². The lowest BCUT2D eigenvalue weighted by atomic mass is 10.1. The van der Waals surface area contributed by atoms with E-state index in [9.17, 15) is 9.59 Å². The van der Waals surface area contributed by atoms with Crippen LogP contribution in [0, 0.1) is 0 Å². The fourth-order valence-electron chi connectivity index (χ4n) is 3.64. The average Bonchev–Trinajstić information content (AvgIpc) is 3.23. The van der Waals surface area contributed by atoms with Crippen molar-refractivity contribution in [3.8, 4) is 0 Å². The van der Waals surface area contributed by atoms with Gasteiger partial charge < -0.3 is 4.90 Å². The summed E-state index contributed by atoms with van der Waals surface area (Å²) < 4.78 is 2.06. The maximum Gasteiger partial charge on any atom is 0.275 e. The summed E-state index contributed by atoms with van der Waals surface area (Å²) in [6, 6.07) is 15.2. The molecule has 0 atom stereocenters. The first-order chi connectivity index (χ1) is 12.6. The number of amides is 1. The van der Waals surface area contributed by atoms with E-state index in [2.05, 4.69) is 4.98 Å². The molecule has 3 heterocycles. The molecule has 4 aromatic rings. The molecule has 5 rings (SSSR count). The van der Waals surface area contributed by atoms with E-state index in [4.69, 9.17) is 0 Å². The standard InChI is InChI=1S/C20H15N3O2S/c1-11(2)22-14-9-5-3-7-12(14)16(18(22)24)17-19(25)23-15-10-6-4-8-13(15)21-20(23)26-17/h3-11H,1-2H3. The second-order valence-corrected chi connectivity index (χ2v) is 7.59. The molecule has 0 fully saturated rings. The predicted octanol–water partition coefficient (Wildman–Crippen LogP) is 2.58. The van der Waals surface area contributed by atoms with Crippen molar-refractivity contribution in [2.75, 3.05) is 4.90 Å². The summed E-state index contributed by atoms with van der Waals surface area (Å²) in [7, 11) is 0. The third-order valence-corrected chi connectivity index (χ3v) is 5.77. The van der Waals surface area contributed by atoms with Crippen molar-refractivity contribution in [1.82, 2.24) is 9.38 Å². The molecule has 26 heavy (non-hydrogen) atoms. The number of nitrogens with zero attached hydrogens (tertiary/aromatic N) is 3. The smallest absolute Gasteiger partial charge is 0.275 e. The van der Waals surface area contributed by atoms with Gasteiger partial charge in [0.05, 0.1) is 22.3 Å². The first-order valence-electron chi connectivity index (χ1n) is 8.45. The minimum atomic E-state index is -0.178. The highest BCUT2D eigenvalue weighted by atomic mass is 32.1. The lowest BCUT2D eigenvalue weighted by molar-refractivity contribution is -0.113. The number of aromatic nitrogens is 2. The molecule has 0 unspecified atom stereocenters. The first kappa shape index (κ1) is 15.3. The van der Waals surface area contributed by atoms with Crippen LogP contribution in [0.1, 0.15) is 19.4 Å². The number of fused-ring (bicyclic) bond motifs is 4. The first-order valence-corrected chi connectivity index (χ1v) is 9.27. The van der Waals surface area contributed by atoms with Crippen LogP contribution in [0.25, 0.3) is 21.6 Å². The molecule has 1 aliphatic rings. The Morgan fingerprint density at radius 2 is 1.73 bits per heavy atom. The van der Waals surface area contributed by atoms with Crippen LogP contribution in [0.3, 0.4) is 0 Å². The maximum absolute atomic E-state index is 13.2. The van der Waals surface area contributed by atoms with Crippen molar-refractivity contribution in [2.45, 2.75) is 19.9 Å². The SMILES string of the molecule is CC(C)N1C(=O)C(=c2sc3nc4ccccc4n3c2=O)c2ccccc21. The number of benzene rings is 2. The summed E-state index contributed by atoms with van der Waals surface area (Å²) in [5.74, 6) is -0.118. The van der Waals surface area contributed by atoms with E-state index < -0.39 is 0 Å². The average molecular weight is 361 g/mol. The van der Waals surface area contributed by atoms with Gasteiger partial charge in [0.15, 0.2) is 4.96 Å². The number of thiazole rings is 1. The van der Waals surface area contributed by atoms with Crippen molar-refractivity contribution in [2.24, 2.45) is 0 Å². The highest BCUT2D eigenvalue weighted by Crippen LogP contribution is 2.36. The minimum Gasteiger partial charge on any atom is -0.305 e. The van der Waals surface area contributed by atoms with Crippen LogP contribution >= 0.6 is 11.3 Å². The molecule has 128 valence electrons. The zero-order chi connectivity index (χ0) is 18.0. The normalized spacial score (nSPS) is 16.3. The summed E-state index contributed by atoms with van der Waals surface area (Å²) >= 11 is 1.28. The lowest BCUT2D eigenvalue weighted by Crippen LogP contribution is -2.36. The van der Waals surface area contributed by atoms with Gasteiger partial charge in [-0.2, -0.15) is 0 Å². The number of rotatable bonds is 1. The number of hydrogen-bond acceptors (Lipinski definition) is 4. The Bertz CT molecular complexity index is 1320. The lowest BCUT2D eigenvalue weighted by Gasteiger charge is -2.21.